The Morgan fingerprint density at radius 1 is 1.22 bits per heavy atom. The second-order valence-electron chi connectivity index (χ2n) is 6.06. The van der Waals surface area contributed by atoms with Crippen LogP contribution >= 0.6 is 11.8 Å². The Hall–Kier alpha value is -0.220. The first kappa shape index (κ1) is 12.8. The quantitative estimate of drug-likeness (QED) is 0.820. The Kier molecular flexibility index (Phi) is 3.85. The number of amides is 1. The predicted molar refractivity (Wildman–Crippen MR) is 75.7 cm³/mol. The van der Waals surface area contributed by atoms with Gasteiger partial charge in [-0.3, -0.25) is 4.79 Å². The van der Waals surface area contributed by atoms with E-state index in [2.05, 4.69) is 16.9 Å². The molecule has 0 spiro atoms. The fourth-order valence-corrected chi connectivity index (χ4v) is 5.06. The summed E-state index contributed by atoms with van der Waals surface area (Å²) in [6.07, 6.45) is 9.73. The van der Waals surface area contributed by atoms with Gasteiger partial charge in [-0.05, 0) is 50.3 Å². The normalized spacial score (nSPS) is 43.1. The van der Waals surface area contributed by atoms with E-state index in [9.17, 15) is 4.79 Å². The fraction of sp³-hybridized carbons (Fsp3) is 0.929. The summed E-state index contributed by atoms with van der Waals surface area (Å²) >= 11 is 1.91. The molecule has 1 amide bonds. The number of rotatable bonds is 3. The summed E-state index contributed by atoms with van der Waals surface area (Å²) in [4.78, 5) is 12.4. The van der Waals surface area contributed by atoms with E-state index in [0.717, 1.165) is 18.9 Å². The van der Waals surface area contributed by atoms with Crippen molar-refractivity contribution in [2.24, 2.45) is 11.8 Å². The highest BCUT2D eigenvalue weighted by molar-refractivity contribution is 7.99. The van der Waals surface area contributed by atoms with E-state index >= 15 is 0 Å². The van der Waals surface area contributed by atoms with Gasteiger partial charge in [0.25, 0.3) is 0 Å². The summed E-state index contributed by atoms with van der Waals surface area (Å²) in [5.41, 5.74) is 0. The maximum Gasteiger partial charge on any atom is 0.237 e. The zero-order valence-electron chi connectivity index (χ0n) is 11.2. The first-order valence-corrected chi connectivity index (χ1v) is 8.65. The van der Waals surface area contributed by atoms with Gasteiger partial charge in [-0.1, -0.05) is 12.8 Å². The molecule has 4 heteroatoms. The van der Waals surface area contributed by atoms with Crippen LogP contribution in [0.1, 0.15) is 38.5 Å². The summed E-state index contributed by atoms with van der Waals surface area (Å²) in [6.45, 7) is 1.05. The summed E-state index contributed by atoms with van der Waals surface area (Å²) < 4.78 is 0. The molecule has 5 atom stereocenters. The average Bonchev–Trinajstić information content (AvgIpc) is 3.03. The number of fused-ring (bicyclic) bond motifs is 1. The molecule has 3 nitrogen and oxygen atoms in total. The lowest BCUT2D eigenvalue weighted by Gasteiger charge is -2.23. The second kappa shape index (κ2) is 5.41. The number of thioether (sulfide) groups is 1. The maximum atomic E-state index is 12.4. The monoisotopic (exact) mass is 268 g/mol. The number of hydrogen-bond donors (Lipinski definition) is 2. The van der Waals surface area contributed by atoms with Crippen LogP contribution in [0.3, 0.4) is 0 Å². The molecule has 3 aliphatic rings. The first-order valence-electron chi connectivity index (χ1n) is 7.36. The molecule has 1 aliphatic heterocycles. The molecule has 0 aromatic rings. The Labute approximate surface area is 114 Å². The molecular weight excluding hydrogens is 244 g/mol. The fourth-order valence-electron chi connectivity index (χ4n) is 4.12. The zero-order chi connectivity index (χ0) is 12.5. The lowest BCUT2D eigenvalue weighted by Crippen LogP contribution is -2.49. The van der Waals surface area contributed by atoms with Crippen molar-refractivity contribution in [2.75, 3.05) is 12.8 Å². The van der Waals surface area contributed by atoms with Crippen molar-refractivity contribution in [3.8, 4) is 0 Å². The van der Waals surface area contributed by atoms with Crippen LogP contribution in [0.15, 0.2) is 0 Å². The van der Waals surface area contributed by atoms with E-state index in [-0.39, 0.29) is 11.9 Å². The number of carbonyl (C=O) groups excluding carboxylic acids is 1. The van der Waals surface area contributed by atoms with Gasteiger partial charge in [-0.15, -0.1) is 0 Å². The van der Waals surface area contributed by atoms with Crippen LogP contribution in [-0.2, 0) is 4.79 Å². The molecule has 102 valence electrons. The minimum absolute atomic E-state index is 0.0978. The third-order valence-corrected chi connectivity index (χ3v) is 6.28. The summed E-state index contributed by atoms with van der Waals surface area (Å²) in [6, 6.07) is 0.510. The van der Waals surface area contributed by atoms with E-state index in [4.69, 9.17) is 0 Å². The largest absolute Gasteiger partial charge is 0.351 e. The molecule has 2 saturated carbocycles. The van der Waals surface area contributed by atoms with Crippen LogP contribution in [0, 0.1) is 11.8 Å². The smallest absolute Gasteiger partial charge is 0.237 e. The predicted octanol–water partition coefficient (Wildman–Crippen LogP) is 1.77. The van der Waals surface area contributed by atoms with Crippen molar-refractivity contribution >= 4 is 17.7 Å². The highest BCUT2D eigenvalue weighted by Gasteiger charge is 2.43. The minimum atomic E-state index is 0.0978. The number of carbonyl (C=O) groups is 1. The van der Waals surface area contributed by atoms with Crippen LogP contribution in [0.25, 0.3) is 0 Å². The summed E-state index contributed by atoms with van der Waals surface area (Å²) in [5, 5.41) is 7.39. The highest BCUT2D eigenvalue weighted by atomic mass is 32.2. The molecule has 0 radical (unpaired) electrons. The maximum absolute atomic E-state index is 12.4. The van der Waals surface area contributed by atoms with Crippen molar-refractivity contribution in [1.29, 1.82) is 0 Å². The van der Waals surface area contributed by atoms with Crippen LogP contribution < -0.4 is 10.6 Å². The number of hydrogen-bond acceptors (Lipinski definition) is 3. The molecule has 1 heterocycles. The molecule has 2 aliphatic carbocycles. The molecule has 0 bridgehead atoms. The Morgan fingerprint density at radius 2 is 2.06 bits per heavy atom. The topological polar surface area (TPSA) is 41.1 Å². The van der Waals surface area contributed by atoms with Crippen molar-refractivity contribution in [2.45, 2.75) is 55.9 Å². The third kappa shape index (κ3) is 2.29. The summed E-state index contributed by atoms with van der Waals surface area (Å²) in [7, 11) is 0. The lowest BCUT2D eigenvalue weighted by molar-refractivity contribution is -0.124. The Morgan fingerprint density at radius 3 is 2.89 bits per heavy atom. The molecular formula is C14H24N2OS. The van der Waals surface area contributed by atoms with Gasteiger partial charge in [0.1, 0.15) is 0 Å². The third-order valence-electron chi connectivity index (χ3n) is 5.11. The van der Waals surface area contributed by atoms with Crippen molar-refractivity contribution in [3.63, 3.8) is 0 Å². The van der Waals surface area contributed by atoms with E-state index in [1.165, 1.54) is 32.1 Å². The standard InChI is InChI=1S/C14H24N2OS/c1-18-12-7-3-6-11(12)16-14(17)13-10-5-2-4-9(10)8-15-13/h9-13,15H,2-8H2,1H3,(H,16,17). The average molecular weight is 268 g/mol. The van der Waals surface area contributed by atoms with Crippen molar-refractivity contribution in [1.82, 2.24) is 10.6 Å². The van der Waals surface area contributed by atoms with Gasteiger partial charge in [-0.2, -0.15) is 11.8 Å². The molecule has 18 heavy (non-hydrogen) atoms. The lowest BCUT2D eigenvalue weighted by atomic mass is 9.93. The van der Waals surface area contributed by atoms with E-state index in [1.54, 1.807) is 0 Å². The van der Waals surface area contributed by atoms with Gasteiger partial charge < -0.3 is 10.6 Å². The van der Waals surface area contributed by atoms with E-state index in [0.29, 0.717) is 17.2 Å². The van der Waals surface area contributed by atoms with Crippen molar-refractivity contribution < 1.29 is 4.79 Å². The van der Waals surface area contributed by atoms with Crippen LogP contribution in [-0.4, -0.2) is 36.0 Å². The van der Waals surface area contributed by atoms with Gasteiger partial charge in [-0.25, -0.2) is 0 Å². The summed E-state index contributed by atoms with van der Waals surface area (Å²) in [5.74, 6) is 1.65. The zero-order valence-corrected chi connectivity index (χ0v) is 12.0. The van der Waals surface area contributed by atoms with Crippen LogP contribution in [0.2, 0.25) is 0 Å². The SMILES string of the molecule is CSC1CCCC1NC(=O)C1NCC2CCCC21. The van der Waals surface area contributed by atoms with Crippen LogP contribution in [0.5, 0.6) is 0 Å². The van der Waals surface area contributed by atoms with Gasteiger partial charge in [0.2, 0.25) is 5.91 Å². The Bertz CT molecular complexity index is 323. The molecule has 0 aromatic heterocycles. The van der Waals surface area contributed by atoms with E-state index in [1.807, 2.05) is 11.8 Å². The molecule has 0 aromatic carbocycles. The molecule has 3 rings (SSSR count). The van der Waals surface area contributed by atoms with Gasteiger partial charge >= 0.3 is 0 Å². The molecule has 5 unspecified atom stereocenters. The second-order valence-corrected chi connectivity index (χ2v) is 7.14. The van der Waals surface area contributed by atoms with Crippen molar-refractivity contribution in [3.05, 3.63) is 0 Å². The highest BCUT2D eigenvalue weighted by Crippen LogP contribution is 2.38. The van der Waals surface area contributed by atoms with Crippen LogP contribution in [0.4, 0.5) is 0 Å². The van der Waals surface area contributed by atoms with Gasteiger partial charge in [0.05, 0.1) is 6.04 Å². The molecule has 2 N–H and O–H groups in total. The molecule has 3 fully saturated rings. The van der Waals surface area contributed by atoms with Gasteiger partial charge in [0.15, 0.2) is 0 Å². The molecule has 1 saturated heterocycles. The van der Waals surface area contributed by atoms with Gasteiger partial charge in [0, 0.05) is 11.3 Å². The minimum Gasteiger partial charge on any atom is -0.351 e. The first-order chi connectivity index (χ1) is 8.79. The van der Waals surface area contributed by atoms with E-state index < -0.39 is 0 Å². The number of nitrogens with one attached hydrogen (secondary N) is 2. The Balaban J connectivity index is 1.58.